The van der Waals surface area contributed by atoms with Gasteiger partial charge in [0.25, 0.3) is 5.91 Å². The minimum atomic E-state index is 0.0453. The number of amides is 1. The first-order chi connectivity index (χ1) is 13.8. The van der Waals surface area contributed by atoms with E-state index in [1.54, 1.807) is 6.20 Å². The SMILES string of the molecule is CCCCn1ccnc1[C@@H]1CCCN(C(=O)c2cn[nH]c2-c2ccccc2)C1. The van der Waals surface area contributed by atoms with Crippen molar-refractivity contribution >= 4 is 5.91 Å². The van der Waals surface area contributed by atoms with E-state index in [4.69, 9.17) is 0 Å². The van der Waals surface area contributed by atoms with Crippen LogP contribution in [0.4, 0.5) is 0 Å². The zero-order valence-electron chi connectivity index (χ0n) is 16.3. The van der Waals surface area contributed by atoms with Gasteiger partial charge in [-0.2, -0.15) is 5.10 Å². The summed E-state index contributed by atoms with van der Waals surface area (Å²) in [4.78, 5) is 19.8. The Hall–Kier alpha value is -2.89. The van der Waals surface area contributed by atoms with Gasteiger partial charge in [0.15, 0.2) is 0 Å². The second kappa shape index (κ2) is 8.42. The monoisotopic (exact) mass is 377 g/mol. The Kier molecular flexibility index (Phi) is 5.55. The van der Waals surface area contributed by atoms with Crippen molar-refractivity contribution in [3.05, 3.63) is 60.3 Å². The summed E-state index contributed by atoms with van der Waals surface area (Å²) >= 11 is 0. The highest BCUT2D eigenvalue weighted by molar-refractivity contribution is 5.99. The van der Waals surface area contributed by atoms with Crippen molar-refractivity contribution in [2.24, 2.45) is 0 Å². The highest BCUT2D eigenvalue weighted by Crippen LogP contribution is 2.29. The van der Waals surface area contributed by atoms with Crippen LogP contribution in [0.3, 0.4) is 0 Å². The molecule has 28 heavy (non-hydrogen) atoms. The molecular weight excluding hydrogens is 350 g/mol. The van der Waals surface area contributed by atoms with E-state index in [1.165, 1.54) is 0 Å². The Morgan fingerprint density at radius 3 is 2.96 bits per heavy atom. The van der Waals surface area contributed by atoms with Gasteiger partial charge in [-0.1, -0.05) is 43.7 Å². The number of hydrogen-bond acceptors (Lipinski definition) is 3. The van der Waals surface area contributed by atoms with Gasteiger partial charge in [0.2, 0.25) is 0 Å². The van der Waals surface area contributed by atoms with E-state index in [9.17, 15) is 4.79 Å². The van der Waals surface area contributed by atoms with Crippen LogP contribution in [0.2, 0.25) is 0 Å². The Balaban J connectivity index is 1.52. The lowest BCUT2D eigenvalue weighted by Gasteiger charge is -2.32. The number of nitrogens with zero attached hydrogens (tertiary/aromatic N) is 4. The number of aromatic nitrogens is 4. The number of H-pyrrole nitrogens is 1. The van der Waals surface area contributed by atoms with Gasteiger partial charge in [-0.05, 0) is 19.3 Å². The second-order valence-corrected chi connectivity index (χ2v) is 7.45. The molecule has 2 aromatic heterocycles. The van der Waals surface area contributed by atoms with Crippen LogP contribution in [0.1, 0.15) is 54.7 Å². The van der Waals surface area contributed by atoms with Crippen molar-refractivity contribution in [3.8, 4) is 11.3 Å². The molecule has 1 atom stereocenters. The third-order valence-electron chi connectivity index (χ3n) is 5.51. The molecule has 6 heteroatoms. The summed E-state index contributed by atoms with van der Waals surface area (Å²) in [5.74, 6) is 1.45. The zero-order chi connectivity index (χ0) is 19.3. The predicted octanol–water partition coefficient (Wildman–Crippen LogP) is 4.09. The van der Waals surface area contributed by atoms with Crippen molar-refractivity contribution in [3.63, 3.8) is 0 Å². The molecule has 1 amide bonds. The molecule has 1 aromatic carbocycles. The number of carbonyl (C=O) groups excluding carboxylic acids is 1. The minimum Gasteiger partial charge on any atom is -0.338 e. The van der Waals surface area contributed by atoms with Crippen LogP contribution < -0.4 is 0 Å². The number of imidazole rings is 1. The van der Waals surface area contributed by atoms with Gasteiger partial charge in [0, 0.05) is 43.5 Å². The van der Waals surface area contributed by atoms with Gasteiger partial charge in [-0.3, -0.25) is 9.89 Å². The average Bonchev–Trinajstić information content (AvgIpc) is 3.42. The Bertz CT molecular complexity index is 914. The number of aryl methyl sites for hydroxylation is 1. The van der Waals surface area contributed by atoms with E-state index >= 15 is 0 Å². The van der Waals surface area contributed by atoms with E-state index in [0.29, 0.717) is 12.1 Å². The first kappa shape index (κ1) is 18.5. The van der Waals surface area contributed by atoms with Crippen molar-refractivity contribution < 1.29 is 4.79 Å². The van der Waals surface area contributed by atoms with Crippen molar-refractivity contribution in [1.29, 1.82) is 0 Å². The maximum absolute atomic E-state index is 13.3. The highest BCUT2D eigenvalue weighted by atomic mass is 16.2. The predicted molar refractivity (Wildman–Crippen MR) is 109 cm³/mol. The Morgan fingerprint density at radius 1 is 1.29 bits per heavy atom. The molecule has 3 heterocycles. The van der Waals surface area contributed by atoms with Gasteiger partial charge in [-0.15, -0.1) is 0 Å². The molecule has 1 aliphatic rings. The van der Waals surface area contributed by atoms with Crippen LogP contribution in [-0.2, 0) is 6.54 Å². The summed E-state index contributed by atoms with van der Waals surface area (Å²) in [6.45, 7) is 4.69. The molecule has 3 aromatic rings. The number of carbonyl (C=O) groups is 1. The summed E-state index contributed by atoms with van der Waals surface area (Å²) in [5, 5.41) is 7.14. The smallest absolute Gasteiger partial charge is 0.257 e. The fraction of sp³-hybridized carbons (Fsp3) is 0.409. The molecule has 0 bridgehead atoms. The summed E-state index contributed by atoms with van der Waals surface area (Å²) in [6, 6.07) is 9.90. The number of piperidine rings is 1. The number of benzene rings is 1. The molecule has 0 spiro atoms. The molecule has 1 fully saturated rings. The molecular formula is C22H27N5O. The first-order valence-corrected chi connectivity index (χ1v) is 10.2. The van der Waals surface area contributed by atoms with Gasteiger partial charge in [-0.25, -0.2) is 4.98 Å². The molecule has 0 unspecified atom stereocenters. The molecule has 0 saturated carbocycles. The molecule has 1 saturated heterocycles. The number of unbranched alkanes of at least 4 members (excludes halogenated alkanes) is 1. The summed E-state index contributed by atoms with van der Waals surface area (Å²) in [7, 11) is 0. The zero-order valence-corrected chi connectivity index (χ0v) is 16.3. The average molecular weight is 377 g/mol. The molecule has 6 nitrogen and oxygen atoms in total. The summed E-state index contributed by atoms with van der Waals surface area (Å²) < 4.78 is 2.26. The van der Waals surface area contributed by atoms with Crippen molar-refractivity contribution in [1.82, 2.24) is 24.6 Å². The number of nitrogens with one attached hydrogen (secondary N) is 1. The maximum atomic E-state index is 13.3. The molecule has 1 N–H and O–H groups in total. The van der Waals surface area contributed by atoms with Gasteiger partial charge >= 0.3 is 0 Å². The third kappa shape index (κ3) is 3.72. The van der Waals surface area contributed by atoms with Crippen LogP contribution >= 0.6 is 0 Å². The van der Waals surface area contributed by atoms with E-state index in [-0.39, 0.29) is 11.8 Å². The molecule has 0 radical (unpaired) electrons. The molecule has 146 valence electrons. The largest absolute Gasteiger partial charge is 0.338 e. The van der Waals surface area contributed by atoms with Gasteiger partial charge < -0.3 is 9.47 Å². The van der Waals surface area contributed by atoms with E-state index in [2.05, 4.69) is 32.9 Å². The molecule has 4 rings (SSSR count). The van der Waals surface area contributed by atoms with Crippen LogP contribution in [0, 0.1) is 0 Å². The van der Waals surface area contributed by atoms with Crippen molar-refractivity contribution in [2.45, 2.75) is 45.1 Å². The summed E-state index contributed by atoms with van der Waals surface area (Å²) in [6.07, 6.45) is 9.98. The van der Waals surface area contributed by atoms with Crippen LogP contribution in [0.25, 0.3) is 11.3 Å². The Morgan fingerprint density at radius 2 is 2.14 bits per heavy atom. The summed E-state index contributed by atoms with van der Waals surface area (Å²) in [5.41, 5.74) is 2.41. The van der Waals surface area contributed by atoms with Gasteiger partial charge in [0.1, 0.15) is 5.82 Å². The number of rotatable bonds is 6. The molecule has 0 aliphatic carbocycles. The normalized spacial score (nSPS) is 17.0. The van der Waals surface area contributed by atoms with Crippen molar-refractivity contribution in [2.75, 3.05) is 13.1 Å². The van der Waals surface area contributed by atoms with E-state index in [0.717, 1.165) is 55.9 Å². The minimum absolute atomic E-state index is 0.0453. The maximum Gasteiger partial charge on any atom is 0.257 e. The fourth-order valence-electron chi connectivity index (χ4n) is 4.01. The lowest BCUT2D eigenvalue weighted by atomic mass is 9.96. The van der Waals surface area contributed by atoms with Crippen LogP contribution in [0.15, 0.2) is 48.9 Å². The molecule has 1 aliphatic heterocycles. The fourth-order valence-corrected chi connectivity index (χ4v) is 4.01. The lowest BCUT2D eigenvalue weighted by molar-refractivity contribution is 0.0704. The second-order valence-electron chi connectivity index (χ2n) is 7.45. The van der Waals surface area contributed by atoms with E-state index in [1.807, 2.05) is 41.4 Å². The van der Waals surface area contributed by atoms with E-state index < -0.39 is 0 Å². The standard InChI is InChI=1S/C22H27N5O/c1-2-3-12-26-14-11-23-21(26)18-10-7-13-27(16-18)22(28)19-15-24-25-20(19)17-8-5-4-6-9-17/h4-6,8-9,11,14-15,18H,2-3,7,10,12-13,16H2,1H3,(H,24,25)/t18-/m1/s1. The number of aromatic amines is 1. The van der Waals surface area contributed by atoms with Crippen LogP contribution in [0.5, 0.6) is 0 Å². The highest BCUT2D eigenvalue weighted by Gasteiger charge is 2.29. The van der Waals surface area contributed by atoms with Gasteiger partial charge in [0.05, 0.1) is 17.5 Å². The number of likely N-dealkylation sites (tertiary alicyclic amines) is 1. The topological polar surface area (TPSA) is 66.8 Å². The first-order valence-electron chi connectivity index (χ1n) is 10.2. The van der Waals surface area contributed by atoms with Crippen LogP contribution in [-0.4, -0.2) is 43.6 Å². The number of hydrogen-bond donors (Lipinski definition) is 1. The Labute approximate surface area is 165 Å². The lowest BCUT2D eigenvalue weighted by Crippen LogP contribution is -2.39. The third-order valence-corrected chi connectivity index (χ3v) is 5.51. The quantitative estimate of drug-likeness (QED) is 0.703.